The summed E-state index contributed by atoms with van der Waals surface area (Å²) < 4.78 is 4.93. The van der Waals surface area contributed by atoms with E-state index in [9.17, 15) is 14.7 Å². The van der Waals surface area contributed by atoms with Gasteiger partial charge in [-0.1, -0.05) is 6.08 Å². The number of aliphatic carboxylic acids is 1. The monoisotopic (exact) mass is 287 g/mol. The highest BCUT2D eigenvalue weighted by atomic mass is 32.1. The van der Waals surface area contributed by atoms with Gasteiger partial charge in [0, 0.05) is 5.56 Å². The Morgan fingerprint density at radius 2 is 1.95 bits per heavy atom. The van der Waals surface area contributed by atoms with Gasteiger partial charge in [0.2, 0.25) is 0 Å². The van der Waals surface area contributed by atoms with Crippen LogP contribution in [0.3, 0.4) is 0 Å². The predicted molar refractivity (Wildman–Crippen MR) is 74.6 cm³/mol. The summed E-state index contributed by atoms with van der Waals surface area (Å²) in [5.41, 5.74) is 1.49. The van der Waals surface area contributed by atoms with E-state index in [-0.39, 0.29) is 5.78 Å². The molecule has 0 radical (unpaired) electrons. The molecule has 0 fully saturated rings. The van der Waals surface area contributed by atoms with E-state index in [1.807, 2.05) is 16.8 Å². The Morgan fingerprint density at radius 1 is 1.20 bits per heavy atom. The first-order valence-electron chi connectivity index (χ1n) is 5.82. The summed E-state index contributed by atoms with van der Waals surface area (Å²) in [7, 11) is 0. The number of benzene rings is 1. The van der Waals surface area contributed by atoms with Crippen LogP contribution in [0.1, 0.15) is 15.9 Å². The second kappa shape index (κ2) is 6.68. The lowest BCUT2D eigenvalue weighted by Gasteiger charge is -2.06. The van der Waals surface area contributed by atoms with Gasteiger partial charge in [-0.3, -0.25) is 4.79 Å². The van der Waals surface area contributed by atoms with Crippen LogP contribution >= 0.6 is 11.3 Å². The Balaban J connectivity index is 1.98. The van der Waals surface area contributed by atoms with E-state index < -0.39 is 12.6 Å². The molecule has 1 aromatic carbocycles. The number of hydrogen-bond donors (Lipinski definition) is 0. The lowest BCUT2D eigenvalue weighted by Crippen LogP contribution is -2.28. The molecule has 1 heterocycles. The molecule has 20 heavy (non-hydrogen) atoms. The number of ketones is 1. The Kier molecular flexibility index (Phi) is 4.68. The number of hydrogen-bond acceptors (Lipinski definition) is 5. The maximum Gasteiger partial charge on any atom is 0.185 e. The molecule has 0 aliphatic carbocycles. The highest BCUT2D eigenvalue weighted by molar-refractivity contribution is 7.08. The van der Waals surface area contributed by atoms with Crippen molar-refractivity contribution < 1.29 is 19.4 Å². The summed E-state index contributed by atoms with van der Waals surface area (Å²) >= 11 is 1.56. The fraction of sp³-hybridized carbons (Fsp3) is 0.0667. The number of carboxylic acid groups (broad SMARTS) is 1. The van der Waals surface area contributed by atoms with Gasteiger partial charge in [-0.05, 0) is 52.7 Å². The van der Waals surface area contributed by atoms with E-state index >= 15 is 0 Å². The summed E-state index contributed by atoms with van der Waals surface area (Å²) in [5.74, 6) is -1.03. The third kappa shape index (κ3) is 4.07. The number of ether oxygens (including phenoxy) is 1. The zero-order valence-electron chi connectivity index (χ0n) is 10.4. The number of carbonyl (C=O) groups excluding carboxylic acids is 2. The van der Waals surface area contributed by atoms with Crippen molar-refractivity contribution in [1.29, 1.82) is 0 Å². The van der Waals surface area contributed by atoms with E-state index in [1.54, 1.807) is 41.7 Å². The van der Waals surface area contributed by atoms with Crippen molar-refractivity contribution in [3.8, 4) is 5.75 Å². The Labute approximate surface area is 119 Å². The summed E-state index contributed by atoms with van der Waals surface area (Å²) in [6, 6.07) is 8.20. The van der Waals surface area contributed by atoms with Crippen LogP contribution in [-0.4, -0.2) is 18.4 Å². The van der Waals surface area contributed by atoms with Crippen LogP contribution in [0.4, 0.5) is 0 Å². The Morgan fingerprint density at radius 3 is 2.55 bits per heavy atom. The van der Waals surface area contributed by atoms with Crippen molar-refractivity contribution >= 4 is 29.2 Å². The second-order valence-corrected chi connectivity index (χ2v) is 4.72. The number of carbonyl (C=O) groups is 2. The highest BCUT2D eigenvalue weighted by Crippen LogP contribution is 2.14. The maximum atomic E-state index is 11.9. The minimum atomic E-state index is -1.29. The third-order valence-corrected chi connectivity index (χ3v) is 3.17. The van der Waals surface area contributed by atoms with Gasteiger partial charge in [0.15, 0.2) is 5.78 Å². The van der Waals surface area contributed by atoms with E-state index in [1.165, 1.54) is 6.08 Å². The molecule has 0 N–H and O–H groups in total. The Bertz CT molecular complexity index is 612. The first kappa shape index (κ1) is 14.0. The molecule has 0 saturated heterocycles. The predicted octanol–water partition coefficient (Wildman–Crippen LogP) is 1.77. The van der Waals surface area contributed by atoms with Gasteiger partial charge in [0.05, 0.1) is 5.97 Å². The minimum Gasteiger partial charge on any atom is -0.546 e. The molecule has 0 aliphatic heterocycles. The summed E-state index contributed by atoms with van der Waals surface area (Å²) in [6.45, 7) is -0.509. The molecule has 4 nitrogen and oxygen atoms in total. The van der Waals surface area contributed by atoms with Crippen LogP contribution in [0.2, 0.25) is 0 Å². The van der Waals surface area contributed by atoms with E-state index in [0.29, 0.717) is 11.3 Å². The molecule has 0 saturated carbocycles. The topological polar surface area (TPSA) is 66.4 Å². The van der Waals surface area contributed by atoms with Crippen molar-refractivity contribution in [3.63, 3.8) is 0 Å². The highest BCUT2D eigenvalue weighted by Gasteiger charge is 2.02. The fourth-order valence-corrected chi connectivity index (χ4v) is 2.12. The quantitative estimate of drug-likeness (QED) is 0.600. The van der Waals surface area contributed by atoms with Gasteiger partial charge in [-0.2, -0.15) is 11.3 Å². The minimum absolute atomic E-state index is 0.123. The van der Waals surface area contributed by atoms with Gasteiger partial charge in [-0.15, -0.1) is 0 Å². The summed E-state index contributed by atoms with van der Waals surface area (Å²) in [6.07, 6.45) is 3.25. The molecular formula is C15H11O4S-. The molecule has 0 unspecified atom stereocenters. The molecular weight excluding hydrogens is 276 g/mol. The third-order valence-electron chi connectivity index (χ3n) is 2.47. The summed E-state index contributed by atoms with van der Waals surface area (Å²) in [5, 5.41) is 14.1. The molecule has 0 spiro atoms. The number of carboxylic acids is 1. The van der Waals surface area contributed by atoms with Crippen molar-refractivity contribution in [2.45, 2.75) is 0 Å². The van der Waals surface area contributed by atoms with Gasteiger partial charge >= 0.3 is 0 Å². The molecule has 0 amide bonds. The zero-order valence-corrected chi connectivity index (χ0v) is 11.3. The first-order valence-corrected chi connectivity index (χ1v) is 6.77. The van der Waals surface area contributed by atoms with E-state index in [2.05, 4.69) is 0 Å². The molecule has 1 aromatic heterocycles. The molecule has 2 aromatic rings. The van der Waals surface area contributed by atoms with Crippen molar-refractivity contribution in [1.82, 2.24) is 0 Å². The maximum absolute atomic E-state index is 11.9. The van der Waals surface area contributed by atoms with Gasteiger partial charge in [-0.25, -0.2) is 0 Å². The van der Waals surface area contributed by atoms with Gasteiger partial charge in [0.1, 0.15) is 12.4 Å². The lowest BCUT2D eigenvalue weighted by molar-refractivity contribution is -0.307. The van der Waals surface area contributed by atoms with Crippen LogP contribution in [0, 0.1) is 0 Å². The van der Waals surface area contributed by atoms with Crippen LogP contribution in [0.5, 0.6) is 5.75 Å². The van der Waals surface area contributed by atoms with Crippen LogP contribution in [0.25, 0.3) is 6.08 Å². The van der Waals surface area contributed by atoms with E-state index in [0.717, 1.165) is 5.56 Å². The van der Waals surface area contributed by atoms with Crippen LogP contribution in [0.15, 0.2) is 47.2 Å². The largest absolute Gasteiger partial charge is 0.546 e. The van der Waals surface area contributed by atoms with Crippen LogP contribution in [-0.2, 0) is 4.79 Å². The standard InChI is InChI=1S/C15H12O4S/c16-14(6-1-11-7-8-20-10-11)12-2-4-13(5-3-12)19-9-15(17)18/h1-8,10H,9H2,(H,17,18)/p-1/b6-1+. The fourth-order valence-electron chi connectivity index (χ4n) is 1.50. The zero-order chi connectivity index (χ0) is 14.4. The normalized spacial score (nSPS) is 10.6. The average molecular weight is 287 g/mol. The molecule has 0 bridgehead atoms. The van der Waals surface area contributed by atoms with Gasteiger partial charge < -0.3 is 14.6 Å². The van der Waals surface area contributed by atoms with Gasteiger partial charge in [0.25, 0.3) is 0 Å². The number of allylic oxidation sites excluding steroid dienone is 1. The molecule has 5 heteroatoms. The lowest BCUT2D eigenvalue weighted by atomic mass is 10.1. The van der Waals surface area contributed by atoms with Crippen molar-refractivity contribution in [2.24, 2.45) is 0 Å². The average Bonchev–Trinajstić information content (AvgIpc) is 2.96. The number of thiophene rings is 1. The molecule has 102 valence electrons. The Hall–Kier alpha value is -2.40. The first-order chi connectivity index (χ1) is 9.65. The molecule has 2 rings (SSSR count). The smallest absolute Gasteiger partial charge is 0.185 e. The molecule has 0 aliphatic rings. The number of rotatable bonds is 6. The summed E-state index contributed by atoms with van der Waals surface area (Å²) in [4.78, 5) is 22.1. The second-order valence-electron chi connectivity index (χ2n) is 3.94. The van der Waals surface area contributed by atoms with E-state index in [4.69, 9.17) is 4.74 Å². The SMILES string of the molecule is O=C([O-])COc1ccc(C(=O)/C=C/c2ccsc2)cc1. The molecule has 0 atom stereocenters. The van der Waals surface area contributed by atoms with Crippen molar-refractivity contribution in [2.75, 3.05) is 6.61 Å². The van der Waals surface area contributed by atoms with Crippen molar-refractivity contribution in [3.05, 3.63) is 58.3 Å². The van der Waals surface area contributed by atoms with Crippen LogP contribution < -0.4 is 9.84 Å².